The molecule has 1 atom stereocenters. The maximum absolute atomic E-state index is 13.2. The standard InChI is InChI=1S/C22H25N3O3S/c1-4-27-16-12-10-15(11-13-16)20-19(14(3)23-22(29)25-20)21(26)24-17-8-6-7-9-18(17)28-5-2/h6-13,20H,4-5H2,1-3H3,(H,24,26)(H2,23,25,29)/t20-/m1/s1. The van der Waals surface area contributed by atoms with Gasteiger partial charge in [-0.05, 0) is 62.8 Å². The fourth-order valence-electron chi connectivity index (χ4n) is 3.21. The van der Waals surface area contributed by atoms with Crippen molar-refractivity contribution in [3.05, 3.63) is 65.4 Å². The molecular weight excluding hydrogens is 386 g/mol. The van der Waals surface area contributed by atoms with E-state index in [1.54, 1.807) is 0 Å². The quantitative estimate of drug-likeness (QED) is 0.600. The Labute approximate surface area is 176 Å². The van der Waals surface area contributed by atoms with Gasteiger partial charge in [-0.3, -0.25) is 4.79 Å². The second-order valence-corrected chi connectivity index (χ2v) is 6.86. The molecule has 0 aliphatic carbocycles. The zero-order valence-corrected chi connectivity index (χ0v) is 17.6. The summed E-state index contributed by atoms with van der Waals surface area (Å²) in [6.45, 7) is 6.80. The molecule has 2 aromatic carbocycles. The van der Waals surface area contributed by atoms with Gasteiger partial charge in [0.1, 0.15) is 11.5 Å². The number of allylic oxidation sites excluding steroid dienone is 1. The Morgan fingerprint density at radius 1 is 1.07 bits per heavy atom. The number of para-hydroxylation sites is 2. The fourth-order valence-corrected chi connectivity index (χ4v) is 3.48. The van der Waals surface area contributed by atoms with Crippen LogP contribution in [-0.2, 0) is 4.79 Å². The molecule has 2 aromatic rings. The largest absolute Gasteiger partial charge is 0.494 e. The van der Waals surface area contributed by atoms with Gasteiger partial charge in [0.15, 0.2) is 5.11 Å². The molecule has 0 bridgehead atoms. The van der Waals surface area contributed by atoms with Crippen LogP contribution >= 0.6 is 12.2 Å². The van der Waals surface area contributed by atoms with E-state index in [-0.39, 0.29) is 11.9 Å². The number of amides is 1. The monoisotopic (exact) mass is 411 g/mol. The highest BCUT2D eigenvalue weighted by Crippen LogP contribution is 2.31. The molecule has 29 heavy (non-hydrogen) atoms. The molecule has 6 nitrogen and oxygen atoms in total. The molecule has 0 fully saturated rings. The maximum atomic E-state index is 13.2. The molecule has 0 radical (unpaired) electrons. The Kier molecular flexibility index (Phi) is 6.72. The maximum Gasteiger partial charge on any atom is 0.255 e. The summed E-state index contributed by atoms with van der Waals surface area (Å²) >= 11 is 5.32. The second-order valence-electron chi connectivity index (χ2n) is 6.46. The van der Waals surface area contributed by atoms with Crippen molar-refractivity contribution < 1.29 is 14.3 Å². The molecule has 3 N–H and O–H groups in total. The predicted molar refractivity (Wildman–Crippen MR) is 118 cm³/mol. The summed E-state index contributed by atoms with van der Waals surface area (Å²) in [7, 11) is 0. The normalized spacial score (nSPS) is 16.0. The first-order valence-electron chi connectivity index (χ1n) is 9.57. The van der Waals surface area contributed by atoms with Crippen LogP contribution in [0.3, 0.4) is 0 Å². The number of ether oxygens (including phenoxy) is 2. The number of rotatable bonds is 7. The lowest BCUT2D eigenvalue weighted by Gasteiger charge is -2.30. The molecular formula is C22H25N3O3S. The van der Waals surface area contributed by atoms with E-state index in [9.17, 15) is 4.79 Å². The summed E-state index contributed by atoms with van der Waals surface area (Å²) < 4.78 is 11.1. The lowest BCUT2D eigenvalue weighted by molar-refractivity contribution is -0.113. The molecule has 0 saturated heterocycles. The molecule has 0 spiro atoms. The predicted octanol–water partition coefficient (Wildman–Crippen LogP) is 3.92. The number of hydrogen-bond donors (Lipinski definition) is 3. The van der Waals surface area contributed by atoms with Crippen LogP contribution in [0.5, 0.6) is 11.5 Å². The van der Waals surface area contributed by atoms with E-state index in [4.69, 9.17) is 21.7 Å². The van der Waals surface area contributed by atoms with Gasteiger partial charge < -0.3 is 25.4 Å². The van der Waals surface area contributed by atoms with Crippen molar-refractivity contribution in [1.29, 1.82) is 0 Å². The molecule has 1 heterocycles. The van der Waals surface area contributed by atoms with E-state index in [0.717, 1.165) is 11.3 Å². The van der Waals surface area contributed by atoms with Crippen LogP contribution in [0.4, 0.5) is 5.69 Å². The number of carbonyl (C=O) groups is 1. The van der Waals surface area contributed by atoms with Gasteiger partial charge in [-0.15, -0.1) is 0 Å². The molecule has 152 valence electrons. The van der Waals surface area contributed by atoms with Crippen molar-refractivity contribution in [2.45, 2.75) is 26.8 Å². The highest BCUT2D eigenvalue weighted by Gasteiger charge is 2.30. The van der Waals surface area contributed by atoms with Gasteiger partial charge in [-0.1, -0.05) is 24.3 Å². The minimum absolute atomic E-state index is 0.226. The van der Waals surface area contributed by atoms with Crippen molar-refractivity contribution in [2.75, 3.05) is 18.5 Å². The summed E-state index contributed by atoms with van der Waals surface area (Å²) in [6, 6.07) is 14.7. The Hall–Kier alpha value is -3.06. The Bertz CT molecular complexity index is 925. The average molecular weight is 412 g/mol. The third-order valence-corrected chi connectivity index (χ3v) is 4.69. The zero-order chi connectivity index (χ0) is 20.8. The van der Waals surface area contributed by atoms with Gasteiger partial charge in [0.25, 0.3) is 5.91 Å². The van der Waals surface area contributed by atoms with Crippen molar-refractivity contribution >= 4 is 28.9 Å². The van der Waals surface area contributed by atoms with Crippen LogP contribution < -0.4 is 25.4 Å². The number of nitrogens with one attached hydrogen (secondary N) is 3. The summed E-state index contributed by atoms with van der Waals surface area (Å²) in [5, 5.41) is 9.70. The van der Waals surface area contributed by atoms with Crippen LogP contribution in [0.1, 0.15) is 32.4 Å². The van der Waals surface area contributed by atoms with E-state index >= 15 is 0 Å². The summed E-state index contributed by atoms with van der Waals surface area (Å²) in [5.41, 5.74) is 2.81. The number of hydrogen-bond acceptors (Lipinski definition) is 4. The van der Waals surface area contributed by atoms with Crippen molar-refractivity contribution in [1.82, 2.24) is 10.6 Å². The molecule has 0 unspecified atom stereocenters. The molecule has 0 aromatic heterocycles. The molecule has 1 aliphatic rings. The lowest BCUT2D eigenvalue weighted by Crippen LogP contribution is -2.45. The molecule has 1 amide bonds. The topological polar surface area (TPSA) is 71.6 Å². The van der Waals surface area contributed by atoms with E-state index in [1.165, 1.54) is 0 Å². The highest BCUT2D eigenvalue weighted by molar-refractivity contribution is 7.80. The summed E-state index contributed by atoms with van der Waals surface area (Å²) in [5.74, 6) is 1.19. The fraction of sp³-hybridized carbons (Fsp3) is 0.273. The van der Waals surface area contributed by atoms with Crippen LogP contribution in [0.25, 0.3) is 0 Å². The first-order chi connectivity index (χ1) is 14.0. The second kappa shape index (κ2) is 9.43. The van der Waals surface area contributed by atoms with E-state index < -0.39 is 0 Å². The van der Waals surface area contributed by atoms with Gasteiger partial charge in [-0.25, -0.2) is 0 Å². The van der Waals surface area contributed by atoms with Crippen molar-refractivity contribution in [2.24, 2.45) is 0 Å². The summed E-state index contributed by atoms with van der Waals surface area (Å²) in [4.78, 5) is 13.2. The average Bonchev–Trinajstić information content (AvgIpc) is 2.70. The van der Waals surface area contributed by atoms with Gasteiger partial charge in [0.05, 0.1) is 30.5 Å². The SMILES string of the molecule is CCOc1ccc([C@H]2NC(=S)NC(C)=C2C(=O)Nc2ccccc2OCC)cc1. The Morgan fingerprint density at radius 2 is 1.76 bits per heavy atom. The number of benzene rings is 2. The smallest absolute Gasteiger partial charge is 0.255 e. The van der Waals surface area contributed by atoms with Crippen LogP contribution in [0, 0.1) is 0 Å². The van der Waals surface area contributed by atoms with Crippen LogP contribution in [0.15, 0.2) is 59.8 Å². The number of carbonyl (C=O) groups excluding carboxylic acids is 1. The molecule has 7 heteroatoms. The first kappa shape index (κ1) is 20.7. The van der Waals surface area contributed by atoms with Crippen molar-refractivity contribution in [3.8, 4) is 11.5 Å². The minimum Gasteiger partial charge on any atom is -0.494 e. The van der Waals surface area contributed by atoms with Crippen molar-refractivity contribution in [3.63, 3.8) is 0 Å². The number of thiocarbonyl (C=S) groups is 1. The summed E-state index contributed by atoms with van der Waals surface area (Å²) in [6.07, 6.45) is 0. The van der Waals surface area contributed by atoms with Gasteiger partial charge in [0.2, 0.25) is 0 Å². The van der Waals surface area contributed by atoms with Gasteiger partial charge >= 0.3 is 0 Å². The van der Waals surface area contributed by atoms with Crippen LogP contribution in [0.2, 0.25) is 0 Å². The Balaban J connectivity index is 1.90. The van der Waals surface area contributed by atoms with Gasteiger partial charge in [0, 0.05) is 5.70 Å². The van der Waals surface area contributed by atoms with E-state index in [2.05, 4.69) is 16.0 Å². The van der Waals surface area contributed by atoms with Gasteiger partial charge in [-0.2, -0.15) is 0 Å². The third kappa shape index (κ3) is 4.86. The van der Waals surface area contributed by atoms with E-state index in [1.807, 2.05) is 69.3 Å². The van der Waals surface area contributed by atoms with Crippen LogP contribution in [-0.4, -0.2) is 24.2 Å². The lowest BCUT2D eigenvalue weighted by atomic mass is 9.95. The molecule has 0 saturated carbocycles. The van der Waals surface area contributed by atoms with E-state index in [0.29, 0.717) is 41.0 Å². The minimum atomic E-state index is -0.376. The highest BCUT2D eigenvalue weighted by atomic mass is 32.1. The third-order valence-electron chi connectivity index (χ3n) is 4.47. The molecule has 1 aliphatic heterocycles. The first-order valence-corrected chi connectivity index (χ1v) is 9.98. The zero-order valence-electron chi connectivity index (χ0n) is 16.7. The molecule has 3 rings (SSSR count). The number of anilines is 1. The Morgan fingerprint density at radius 3 is 2.45 bits per heavy atom.